The predicted molar refractivity (Wildman–Crippen MR) is 68.7 cm³/mol. The first kappa shape index (κ1) is 13.8. The average molecular weight is 252 g/mol. The molecule has 0 amide bonds. The number of esters is 1. The molecule has 0 heterocycles. The van der Waals surface area contributed by atoms with E-state index in [0.29, 0.717) is 4.91 Å². The number of rotatable bonds is 4. The number of methoxy groups -OCH3 is 1. The van der Waals surface area contributed by atoms with Gasteiger partial charge in [-0.2, -0.15) is 0 Å². The van der Waals surface area contributed by atoms with Gasteiger partial charge in [0.25, 0.3) is 0 Å². The molecule has 0 atom stereocenters. The number of hydrogen-bond donors (Lipinski definition) is 1. The van der Waals surface area contributed by atoms with E-state index in [1.54, 1.807) is 13.8 Å². The second kappa shape index (κ2) is 5.89. The predicted octanol–water partition coefficient (Wildman–Crippen LogP) is 2.61. The zero-order valence-corrected chi connectivity index (χ0v) is 11.0. The summed E-state index contributed by atoms with van der Waals surface area (Å²) in [7, 11) is 1.31. The summed E-state index contributed by atoms with van der Waals surface area (Å²) in [6.45, 7) is 3.27. The van der Waals surface area contributed by atoms with Gasteiger partial charge in [0.1, 0.15) is 0 Å². The molecular formula is C13H16O3S. The SMILES string of the molecule is COC(=O)/C=C(\Sc1ccccc1)C(C)(C)O. The Morgan fingerprint density at radius 1 is 1.35 bits per heavy atom. The molecule has 0 bridgehead atoms. The molecule has 0 aliphatic rings. The summed E-state index contributed by atoms with van der Waals surface area (Å²) in [4.78, 5) is 12.8. The van der Waals surface area contributed by atoms with E-state index < -0.39 is 11.6 Å². The van der Waals surface area contributed by atoms with Gasteiger partial charge < -0.3 is 9.84 Å². The van der Waals surface area contributed by atoms with E-state index in [9.17, 15) is 9.90 Å². The van der Waals surface area contributed by atoms with E-state index >= 15 is 0 Å². The van der Waals surface area contributed by atoms with Gasteiger partial charge in [-0.1, -0.05) is 30.0 Å². The Bertz CT molecular complexity index is 404. The summed E-state index contributed by atoms with van der Waals surface area (Å²) in [5.74, 6) is -0.467. The van der Waals surface area contributed by atoms with Gasteiger partial charge in [0, 0.05) is 15.9 Å². The van der Waals surface area contributed by atoms with Crippen molar-refractivity contribution in [2.24, 2.45) is 0 Å². The maximum absolute atomic E-state index is 11.2. The van der Waals surface area contributed by atoms with E-state index in [4.69, 9.17) is 0 Å². The van der Waals surface area contributed by atoms with Crippen molar-refractivity contribution in [2.75, 3.05) is 7.11 Å². The third-order valence-corrected chi connectivity index (χ3v) is 3.37. The van der Waals surface area contributed by atoms with Crippen LogP contribution < -0.4 is 0 Å². The van der Waals surface area contributed by atoms with E-state index in [1.807, 2.05) is 30.3 Å². The van der Waals surface area contributed by atoms with Crippen LogP contribution in [-0.4, -0.2) is 23.8 Å². The lowest BCUT2D eigenvalue weighted by Crippen LogP contribution is -2.21. The van der Waals surface area contributed by atoms with Crippen LogP contribution in [0.25, 0.3) is 0 Å². The molecule has 0 aliphatic carbocycles. The van der Waals surface area contributed by atoms with Crippen molar-refractivity contribution >= 4 is 17.7 Å². The number of hydrogen-bond acceptors (Lipinski definition) is 4. The molecule has 4 heteroatoms. The molecule has 0 radical (unpaired) electrons. The average Bonchev–Trinajstić information content (AvgIpc) is 2.28. The molecular weight excluding hydrogens is 236 g/mol. The van der Waals surface area contributed by atoms with Gasteiger partial charge in [0.15, 0.2) is 0 Å². The minimum atomic E-state index is -1.07. The Morgan fingerprint density at radius 3 is 2.41 bits per heavy atom. The van der Waals surface area contributed by atoms with Gasteiger partial charge in [-0.05, 0) is 26.0 Å². The largest absolute Gasteiger partial charge is 0.466 e. The van der Waals surface area contributed by atoms with Crippen molar-refractivity contribution in [1.82, 2.24) is 0 Å². The van der Waals surface area contributed by atoms with Crippen LogP contribution in [0.4, 0.5) is 0 Å². The van der Waals surface area contributed by atoms with Crippen LogP contribution in [0.15, 0.2) is 46.2 Å². The maximum atomic E-state index is 11.2. The first-order valence-corrected chi connectivity index (χ1v) is 6.00. The molecule has 1 N–H and O–H groups in total. The third-order valence-electron chi connectivity index (χ3n) is 2.02. The van der Waals surface area contributed by atoms with E-state index in [0.717, 1.165) is 4.90 Å². The molecule has 0 aromatic heterocycles. The summed E-state index contributed by atoms with van der Waals surface area (Å²) in [5.41, 5.74) is -1.07. The van der Waals surface area contributed by atoms with E-state index in [2.05, 4.69) is 4.74 Å². The topological polar surface area (TPSA) is 46.5 Å². The van der Waals surface area contributed by atoms with Crippen molar-refractivity contribution in [3.8, 4) is 0 Å². The lowest BCUT2D eigenvalue weighted by molar-refractivity contribution is -0.135. The normalized spacial score (nSPS) is 12.4. The molecule has 1 rings (SSSR count). The van der Waals surface area contributed by atoms with Crippen LogP contribution in [0.5, 0.6) is 0 Å². The second-order valence-electron chi connectivity index (χ2n) is 4.01. The standard InChI is InChI=1S/C13H16O3S/c1-13(2,15)11(9-12(14)16-3)17-10-7-5-4-6-8-10/h4-9,15H,1-3H3/b11-9-. The Hall–Kier alpha value is -1.26. The minimum absolute atomic E-state index is 0.467. The number of thioether (sulfide) groups is 1. The number of carbonyl (C=O) groups excluding carboxylic acids is 1. The van der Waals surface area contributed by atoms with Crippen LogP contribution in [0.3, 0.4) is 0 Å². The molecule has 92 valence electrons. The molecule has 1 aromatic carbocycles. The minimum Gasteiger partial charge on any atom is -0.466 e. The zero-order chi connectivity index (χ0) is 12.9. The summed E-state index contributed by atoms with van der Waals surface area (Å²) in [5, 5.41) is 9.99. The van der Waals surface area contributed by atoms with Gasteiger partial charge in [0.05, 0.1) is 12.7 Å². The molecule has 0 unspecified atom stereocenters. The van der Waals surface area contributed by atoms with Crippen molar-refractivity contribution in [3.63, 3.8) is 0 Å². The van der Waals surface area contributed by atoms with Gasteiger partial charge >= 0.3 is 5.97 Å². The van der Waals surface area contributed by atoms with Crippen molar-refractivity contribution in [2.45, 2.75) is 24.3 Å². The molecule has 0 spiro atoms. The lowest BCUT2D eigenvalue weighted by atomic mass is 10.1. The number of ether oxygens (including phenoxy) is 1. The Kier molecular flexibility index (Phi) is 4.78. The fourth-order valence-electron chi connectivity index (χ4n) is 1.11. The number of aliphatic hydroxyl groups is 1. The first-order valence-electron chi connectivity index (χ1n) is 5.19. The van der Waals surface area contributed by atoms with E-state index in [1.165, 1.54) is 24.9 Å². The lowest BCUT2D eigenvalue weighted by Gasteiger charge is -2.20. The first-order chi connectivity index (χ1) is 7.93. The van der Waals surface area contributed by atoms with Crippen LogP contribution in [-0.2, 0) is 9.53 Å². The highest BCUT2D eigenvalue weighted by Gasteiger charge is 2.21. The summed E-state index contributed by atoms with van der Waals surface area (Å²) < 4.78 is 4.57. The van der Waals surface area contributed by atoms with Crippen molar-refractivity contribution < 1.29 is 14.6 Å². The molecule has 0 aliphatic heterocycles. The van der Waals surface area contributed by atoms with Gasteiger partial charge in [-0.3, -0.25) is 0 Å². The Balaban J connectivity index is 2.94. The quantitative estimate of drug-likeness (QED) is 0.508. The second-order valence-corrected chi connectivity index (χ2v) is 5.12. The summed E-state index contributed by atoms with van der Waals surface area (Å²) >= 11 is 1.35. The fourth-order valence-corrected chi connectivity index (χ4v) is 2.06. The number of benzene rings is 1. The molecule has 1 aromatic rings. The summed E-state index contributed by atoms with van der Waals surface area (Å²) in [6.07, 6.45) is 1.32. The monoisotopic (exact) mass is 252 g/mol. The van der Waals surface area contributed by atoms with Crippen LogP contribution in [0.1, 0.15) is 13.8 Å². The molecule has 0 saturated carbocycles. The smallest absolute Gasteiger partial charge is 0.331 e. The van der Waals surface area contributed by atoms with Gasteiger partial charge in [0.2, 0.25) is 0 Å². The number of carbonyl (C=O) groups is 1. The van der Waals surface area contributed by atoms with Crippen LogP contribution in [0, 0.1) is 0 Å². The van der Waals surface area contributed by atoms with Gasteiger partial charge in [-0.15, -0.1) is 0 Å². The zero-order valence-electron chi connectivity index (χ0n) is 10.1. The van der Waals surface area contributed by atoms with Gasteiger partial charge in [-0.25, -0.2) is 4.79 Å². The highest BCUT2D eigenvalue weighted by atomic mass is 32.2. The van der Waals surface area contributed by atoms with E-state index in [-0.39, 0.29) is 0 Å². The molecule has 3 nitrogen and oxygen atoms in total. The summed E-state index contributed by atoms with van der Waals surface area (Å²) in [6, 6.07) is 9.56. The molecule has 0 fully saturated rings. The van der Waals surface area contributed by atoms with Crippen LogP contribution >= 0.6 is 11.8 Å². The molecule has 17 heavy (non-hydrogen) atoms. The highest BCUT2D eigenvalue weighted by molar-refractivity contribution is 8.03. The highest BCUT2D eigenvalue weighted by Crippen LogP contribution is 2.33. The van der Waals surface area contributed by atoms with Crippen molar-refractivity contribution in [1.29, 1.82) is 0 Å². The molecule has 0 saturated heterocycles. The Labute approximate surface area is 105 Å². The maximum Gasteiger partial charge on any atom is 0.331 e. The van der Waals surface area contributed by atoms with Crippen LogP contribution in [0.2, 0.25) is 0 Å². The fraction of sp³-hybridized carbons (Fsp3) is 0.308. The third kappa shape index (κ3) is 4.63. The Morgan fingerprint density at radius 2 is 1.94 bits per heavy atom. The van der Waals surface area contributed by atoms with Crippen molar-refractivity contribution in [3.05, 3.63) is 41.3 Å².